The van der Waals surface area contributed by atoms with Crippen LogP contribution in [0.4, 0.5) is 0 Å². The van der Waals surface area contributed by atoms with E-state index >= 15 is 0 Å². The van der Waals surface area contributed by atoms with Crippen molar-refractivity contribution in [3.8, 4) is 0 Å². The van der Waals surface area contributed by atoms with E-state index in [1.807, 2.05) is 0 Å². The molecule has 2 saturated carbocycles. The minimum absolute atomic E-state index is 0.0223. The fourth-order valence-corrected chi connectivity index (χ4v) is 3.55. The summed E-state index contributed by atoms with van der Waals surface area (Å²) in [4.78, 5) is 2.57. The summed E-state index contributed by atoms with van der Waals surface area (Å²) in [7, 11) is 0. The van der Waals surface area contributed by atoms with Crippen LogP contribution in [-0.4, -0.2) is 48.3 Å². The molecule has 0 spiro atoms. The predicted octanol–water partition coefficient (Wildman–Crippen LogP) is 1.86. The van der Waals surface area contributed by atoms with E-state index in [-0.39, 0.29) is 6.10 Å². The molecular weight excluding hydrogens is 236 g/mol. The Labute approximate surface area is 117 Å². The van der Waals surface area contributed by atoms with Crippen LogP contribution in [0.2, 0.25) is 0 Å². The first kappa shape index (κ1) is 13.8. The highest BCUT2D eigenvalue weighted by Gasteiger charge is 2.34. The van der Waals surface area contributed by atoms with E-state index in [0.29, 0.717) is 17.9 Å². The maximum absolute atomic E-state index is 10.2. The van der Waals surface area contributed by atoms with Gasteiger partial charge in [0.1, 0.15) is 0 Å². The Kier molecular flexibility index (Phi) is 4.45. The van der Waals surface area contributed by atoms with Crippen LogP contribution in [0.5, 0.6) is 0 Å². The number of hydrogen-bond acceptors (Lipinski definition) is 3. The number of hydrogen-bond donors (Lipinski definition) is 2. The molecule has 0 amide bonds. The smallest absolute Gasteiger partial charge is 0.0571 e. The molecular formula is C16H30N2O. The quantitative estimate of drug-likeness (QED) is 0.738. The first-order valence-electron chi connectivity index (χ1n) is 8.38. The molecule has 19 heavy (non-hydrogen) atoms. The zero-order chi connectivity index (χ0) is 13.2. The van der Waals surface area contributed by atoms with Crippen LogP contribution in [0.3, 0.4) is 0 Å². The van der Waals surface area contributed by atoms with Gasteiger partial charge >= 0.3 is 0 Å². The summed E-state index contributed by atoms with van der Waals surface area (Å²) in [5, 5.41) is 13.9. The van der Waals surface area contributed by atoms with Crippen LogP contribution in [0, 0.1) is 17.8 Å². The zero-order valence-corrected chi connectivity index (χ0v) is 12.4. The number of aliphatic hydroxyl groups excluding tert-OH is 1. The summed E-state index contributed by atoms with van der Waals surface area (Å²) >= 11 is 0. The first-order valence-corrected chi connectivity index (χ1v) is 8.38. The van der Waals surface area contributed by atoms with Gasteiger partial charge in [0.15, 0.2) is 0 Å². The third-order valence-corrected chi connectivity index (χ3v) is 5.19. The van der Waals surface area contributed by atoms with E-state index in [4.69, 9.17) is 0 Å². The molecule has 1 heterocycles. The van der Waals surface area contributed by atoms with Crippen molar-refractivity contribution in [2.75, 3.05) is 26.2 Å². The Morgan fingerprint density at radius 2 is 1.95 bits per heavy atom. The second-order valence-corrected chi connectivity index (χ2v) is 7.14. The molecule has 1 aliphatic heterocycles. The average Bonchev–Trinajstić information content (AvgIpc) is 3.29. The Morgan fingerprint density at radius 3 is 2.58 bits per heavy atom. The lowest BCUT2D eigenvalue weighted by atomic mass is 9.88. The largest absolute Gasteiger partial charge is 0.393 e. The third kappa shape index (κ3) is 4.17. The highest BCUT2D eigenvalue weighted by atomic mass is 16.3. The Hall–Kier alpha value is -0.120. The number of aliphatic hydroxyl groups is 1. The van der Waals surface area contributed by atoms with E-state index in [2.05, 4.69) is 17.1 Å². The van der Waals surface area contributed by atoms with Crippen molar-refractivity contribution in [3.63, 3.8) is 0 Å². The predicted molar refractivity (Wildman–Crippen MR) is 78.1 cm³/mol. The fourth-order valence-electron chi connectivity index (χ4n) is 3.55. The van der Waals surface area contributed by atoms with Crippen LogP contribution in [0.1, 0.15) is 45.4 Å². The average molecular weight is 266 g/mol. The van der Waals surface area contributed by atoms with Gasteiger partial charge in [-0.25, -0.2) is 0 Å². The van der Waals surface area contributed by atoms with Crippen molar-refractivity contribution in [1.29, 1.82) is 0 Å². The number of likely N-dealkylation sites (tertiary alicyclic amines) is 1. The zero-order valence-electron chi connectivity index (χ0n) is 12.4. The van der Waals surface area contributed by atoms with Crippen molar-refractivity contribution in [1.82, 2.24) is 10.2 Å². The number of likely N-dealkylation sites (N-methyl/N-ethyl adjacent to an activating group) is 1. The summed E-state index contributed by atoms with van der Waals surface area (Å²) in [6.45, 7) is 7.04. The van der Waals surface area contributed by atoms with Crippen molar-refractivity contribution in [3.05, 3.63) is 0 Å². The lowest BCUT2D eigenvalue weighted by Crippen LogP contribution is -2.50. The van der Waals surface area contributed by atoms with Crippen molar-refractivity contribution in [2.24, 2.45) is 17.8 Å². The molecule has 0 aromatic carbocycles. The molecule has 0 aromatic rings. The van der Waals surface area contributed by atoms with E-state index in [0.717, 1.165) is 18.9 Å². The molecule has 3 nitrogen and oxygen atoms in total. The Bertz CT molecular complexity index is 288. The molecule has 1 saturated heterocycles. The van der Waals surface area contributed by atoms with Gasteiger partial charge in [0.05, 0.1) is 6.10 Å². The van der Waals surface area contributed by atoms with Crippen molar-refractivity contribution < 1.29 is 5.11 Å². The molecule has 3 rings (SSSR count). The molecule has 0 bridgehead atoms. The van der Waals surface area contributed by atoms with E-state index in [9.17, 15) is 5.11 Å². The van der Waals surface area contributed by atoms with Crippen LogP contribution < -0.4 is 5.32 Å². The lowest BCUT2D eigenvalue weighted by Gasteiger charge is -2.38. The summed E-state index contributed by atoms with van der Waals surface area (Å²) < 4.78 is 0. The second kappa shape index (κ2) is 6.11. The summed E-state index contributed by atoms with van der Waals surface area (Å²) in [5.41, 5.74) is 0. The van der Waals surface area contributed by atoms with Crippen LogP contribution in [0.15, 0.2) is 0 Å². The highest BCUT2D eigenvalue weighted by Crippen LogP contribution is 2.36. The molecule has 110 valence electrons. The number of nitrogens with zero attached hydrogens (tertiary/aromatic N) is 1. The maximum Gasteiger partial charge on any atom is 0.0571 e. The van der Waals surface area contributed by atoms with E-state index < -0.39 is 0 Å². The van der Waals surface area contributed by atoms with Gasteiger partial charge in [-0.05, 0) is 69.4 Å². The van der Waals surface area contributed by atoms with Gasteiger partial charge in [-0.15, -0.1) is 0 Å². The molecule has 2 aliphatic carbocycles. The van der Waals surface area contributed by atoms with Crippen molar-refractivity contribution >= 4 is 0 Å². The summed E-state index contributed by atoms with van der Waals surface area (Å²) in [6.07, 6.45) is 7.66. The van der Waals surface area contributed by atoms with Crippen LogP contribution >= 0.6 is 0 Å². The van der Waals surface area contributed by atoms with Gasteiger partial charge in [-0.3, -0.25) is 0 Å². The summed E-state index contributed by atoms with van der Waals surface area (Å²) in [5.74, 6) is 2.29. The standard InChI is InChI=1S/C16H30N2O/c1-2-18-10-13(8-16(19)14-5-6-14)7-15(11-18)17-9-12-3-4-12/h12-17,19H,2-11H2,1H3. The Balaban J connectivity index is 1.47. The molecule has 3 unspecified atom stereocenters. The minimum Gasteiger partial charge on any atom is -0.393 e. The van der Waals surface area contributed by atoms with E-state index in [1.54, 1.807) is 0 Å². The molecule has 0 radical (unpaired) electrons. The molecule has 3 fully saturated rings. The summed E-state index contributed by atoms with van der Waals surface area (Å²) in [6, 6.07) is 0.658. The monoisotopic (exact) mass is 266 g/mol. The van der Waals surface area contributed by atoms with Crippen LogP contribution in [-0.2, 0) is 0 Å². The minimum atomic E-state index is -0.0223. The molecule has 2 N–H and O–H groups in total. The Morgan fingerprint density at radius 1 is 1.16 bits per heavy atom. The van der Waals surface area contributed by atoms with Gasteiger partial charge < -0.3 is 15.3 Å². The van der Waals surface area contributed by atoms with Gasteiger partial charge in [-0.2, -0.15) is 0 Å². The topological polar surface area (TPSA) is 35.5 Å². The third-order valence-electron chi connectivity index (χ3n) is 5.19. The van der Waals surface area contributed by atoms with Gasteiger partial charge in [0.25, 0.3) is 0 Å². The molecule has 3 atom stereocenters. The maximum atomic E-state index is 10.2. The van der Waals surface area contributed by atoms with Gasteiger partial charge in [0.2, 0.25) is 0 Å². The lowest BCUT2D eigenvalue weighted by molar-refractivity contribution is 0.0767. The molecule has 0 aromatic heterocycles. The number of nitrogens with one attached hydrogen (secondary N) is 1. The SMILES string of the molecule is CCN1CC(CC(O)C2CC2)CC(NCC2CC2)C1. The molecule has 3 aliphatic rings. The number of rotatable bonds is 7. The van der Waals surface area contributed by atoms with Crippen LogP contribution in [0.25, 0.3) is 0 Å². The van der Waals surface area contributed by atoms with Gasteiger partial charge in [-0.1, -0.05) is 6.92 Å². The highest BCUT2D eigenvalue weighted by molar-refractivity contribution is 4.89. The normalized spacial score (nSPS) is 34.4. The second-order valence-electron chi connectivity index (χ2n) is 7.14. The number of piperidine rings is 1. The molecule has 3 heteroatoms. The van der Waals surface area contributed by atoms with E-state index in [1.165, 1.54) is 51.7 Å². The van der Waals surface area contributed by atoms with Gasteiger partial charge in [0, 0.05) is 19.1 Å². The van der Waals surface area contributed by atoms with Crippen molar-refractivity contribution in [2.45, 2.75) is 57.6 Å². The first-order chi connectivity index (χ1) is 9.24. The fraction of sp³-hybridized carbons (Fsp3) is 1.00.